The molecule has 0 spiro atoms. The van der Waals surface area contributed by atoms with Gasteiger partial charge in [0.25, 0.3) is 0 Å². The van der Waals surface area contributed by atoms with Gasteiger partial charge >= 0.3 is 5.97 Å². The lowest BCUT2D eigenvalue weighted by Crippen LogP contribution is -2.50. The van der Waals surface area contributed by atoms with Gasteiger partial charge < -0.3 is 4.74 Å². The zero-order valence-electron chi connectivity index (χ0n) is 15.7. The van der Waals surface area contributed by atoms with Crippen LogP contribution in [0, 0.1) is 39.9 Å². The van der Waals surface area contributed by atoms with Crippen molar-refractivity contribution in [1.29, 1.82) is 5.26 Å². The molecule has 0 heterocycles. The summed E-state index contributed by atoms with van der Waals surface area (Å²) in [6.07, 6.45) is 12.4. The van der Waals surface area contributed by atoms with Gasteiger partial charge in [0, 0.05) is 24.3 Å². The van der Waals surface area contributed by atoms with E-state index in [-0.39, 0.29) is 22.9 Å². The molecule has 0 aromatic heterocycles. The van der Waals surface area contributed by atoms with E-state index in [0.29, 0.717) is 11.8 Å². The highest BCUT2D eigenvalue weighted by Crippen LogP contribution is 2.64. The third-order valence-corrected chi connectivity index (χ3v) is 8.09. The van der Waals surface area contributed by atoms with Crippen LogP contribution in [0.2, 0.25) is 0 Å². The summed E-state index contributed by atoms with van der Waals surface area (Å²) in [5.41, 5.74) is 2.93. The molecule has 4 aliphatic rings. The zero-order chi connectivity index (χ0) is 17.8. The molecule has 0 bridgehead atoms. The number of carbonyl (C=O) groups excluding carboxylic acids is 1. The van der Waals surface area contributed by atoms with E-state index < -0.39 is 0 Å². The molecule has 0 aliphatic heterocycles. The number of esters is 1. The molecule has 2 saturated carbocycles. The number of hydrogen-bond donors (Lipinski definition) is 0. The fourth-order valence-electron chi connectivity index (χ4n) is 6.70. The Hall–Kier alpha value is -1.56. The first-order chi connectivity index (χ1) is 11.9. The van der Waals surface area contributed by atoms with Gasteiger partial charge in [-0.3, -0.25) is 4.79 Å². The van der Waals surface area contributed by atoms with Gasteiger partial charge in [-0.15, -0.1) is 0 Å². The molecule has 4 aliphatic carbocycles. The molecule has 0 unspecified atom stereocenters. The lowest BCUT2D eigenvalue weighted by molar-refractivity contribution is -0.148. The summed E-state index contributed by atoms with van der Waals surface area (Å²) >= 11 is 0. The normalized spacial score (nSPS) is 45.2. The topological polar surface area (TPSA) is 50.1 Å². The largest absolute Gasteiger partial charge is 0.462 e. The molecule has 4 rings (SSSR count). The van der Waals surface area contributed by atoms with Crippen molar-refractivity contribution in [3.63, 3.8) is 0 Å². The first-order valence-corrected chi connectivity index (χ1v) is 9.86. The molecule has 3 nitrogen and oxygen atoms in total. The van der Waals surface area contributed by atoms with E-state index >= 15 is 0 Å². The summed E-state index contributed by atoms with van der Waals surface area (Å²) in [4.78, 5) is 11.3. The third-order valence-electron chi connectivity index (χ3n) is 8.09. The molecular weight excluding hydrogens is 310 g/mol. The van der Waals surface area contributed by atoms with E-state index in [9.17, 15) is 10.1 Å². The molecule has 134 valence electrons. The minimum Gasteiger partial charge on any atom is -0.462 e. The van der Waals surface area contributed by atoms with Crippen LogP contribution in [0.4, 0.5) is 0 Å². The highest BCUT2D eigenvalue weighted by atomic mass is 16.5. The molecule has 0 saturated heterocycles. The van der Waals surface area contributed by atoms with Gasteiger partial charge in [0.15, 0.2) is 0 Å². The van der Waals surface area contributed by atoms with Crippen LogP contribution < -0.4 is 0 Å². The zero-order valence-corrected chi connectivity index (χ0v) is 15.7. The number of ether oxygens (including phenoxy) is 1. The molecular formula is C22H29NO2. The molecule has 0 N–H and O–H groups in total. The van der Waals surface area contributed by atoms with Crippen LogP contribution in [0.15, 0.2) is 23.3 Å². The number of hydrogen-bond acceptors (Lipinski definition) is 3. The Morgan fingerprint density at radius 3 is 2.64 bits per heavy atom. The quantitative estimate of drug-likeness (QED) is 0.502. The van der Waals surface area contributed by atoms with Crippen molar-refractivity contribution < 1.29 is 9.53 Å². The van der Waals surface area contributed by atoms with E-state index in [2.05, 4.69) is 32.1 Å². The van der Waals surface area contributed by atoms with Crippen LogP contribution in [0.3, 0.4) is 0 Å². The van der Waals surface area contributed by atoms with Gasteiger partial charge in [0.1, 0.15) is 6.10 Å². The predicted molar refractivity (Wildman–Crippen MR) is 96.3 cm³/mol. The maximum absolute atomic E-state index is 11.3. The van der Waals surface area contributed by atoms with Crippen LogP contribution in [0.25, 0.3) is 0 Å². The van der Waals surface area contributed by atoms with Crippen molar-refractivity contribution >= 4 is 5.97 Å². The fourth-order valence-corrected chi connectivity index (χ4v) is 6.70. The van der Waals surface area contributed by atoms with Gasteiger partial charge in [0.2, 0.25) is 0 Å². The smallest absolute Gasteiger partial charge is 0.302 e. The summed E-state index contributed by atoms with van der Waals surface area (Å²) in [7, 11) is 0. The van der Waals surface area contributed by atoms with Crippen LogP contribution in [0.5, 0.6) is 0 Å². The van der Waals surface area contributed by atoms with Crippen molar-refractivity contribution in [3.8, 4) is 6.07 Å². The number of rotatable bonds is 1. The number of carbonyl (C=O) groups is 1. The predicted octanol–water partition coefficient (Wildman–Crippen LogP) is 4.94. The molecule has 6 atom stereocenters. The van der Waals surface area contributed by atoms with Crippen LogP contribution in [-0.2, 0) is 9.53 Å². The maximum Gasteiger partial charge on any atom is 0.302 e. The van der Waals surface area contributed by atoms with Crippen LogP contribution in [-0.4, -0.2) is 12.1 Å². The molecule has 0 amide bonds. The van der Waals surface area contributed by atoms with Gasteiger partial charge in [-0.05, 0) is 61.7 Å². The van der Waals surface area contributed by atoms with E-state index in [4.69, 9.17) is 4.74 Å². The van der Waals surface area contributed by atoms with E-state index in [1.165, 1.54) is 18.9 Å². The number of fused-ring (bicyclic) bond motifs is 5. The molecule has 25 heavy (non-hydrogen) atoms. The van der Waals surface area contributed by atoms with Crippen molar-refractivity contribution in [2.24, 2.45) is 28.6 Å². The van der Waals surface area contributed by atoms with Crippen molar-refractivity contribution in [2.75, 3.05) is 0 Å². The van der Waals surface area contributed by atoms with Gasteiger partial charge in [-0.2, -0.15) is 5.26 Å². The van der Waals surface area contributed by atoms with Crippen molar-refractivity contribution in [2.45, 2.75) is 71.8 Å². The second-order valence-corrected chi connectivity index (χ2v) is 9.16. The van der Waals surface area contributed by atoms with Crippen molar-refractivity contribution in [3.05, 3.63) is 23.3 Å². The van der Waals surface area contributed by atoms with Crippen LogP contribution >= 0.6 is 0 Å². The Balaban J connectivity index is 1.59. The third kappa shape index (κ3) is 2.40. The highest BCUT2D eigenvalue weighted by molar-refractivity contribution is 5.66. The standard InChI is InChI=1S/C22H29NO2/c1-14(24)25-17-8-10-21(2)15(12-17)4-6-18-19-7-5-16(13-23)22(19,3)11-9-20(18)21/h4-5,17-20H,6-12H2,1-3H3/t17-,18+,19+,20+,21-,22-/m0/s1. The summed E-state index contributed by atoms with van der Waals surface area (Å²) in [5.74, 6) is 1.88. The first-order valence-electron chi connectivity index (χ1n) is 9.86. The van der Waals surface area contributed by atoms with Gasteiger partial charge in [-0.1, -0.05) is 31.6 Å². The summed E-state index contributed by atoms with van der Waals surface area (Å²) in [6.45, 7) is 6.30. The second kappa shape index (κ2) is 5.73. The maximum atomic E-state index is 11.3. The Bertz CT molecular complexity index is 699. The number of nitrogens with zero attached hydrogens (tertiary/aromatic N) is 1. The van der Waals surface area contributed by atoms with Crippen molar-refractivity contribution in [1.82, 2.24) is 0 Å². The first kappa shape index (κ1) is 16.9. The summed E-state index contributed by atoms with van der Waals surface area (Å²) in [6, 6.07) is 2.49. The van der Waals surface area contributed by atoms with Gasteiger partial charge in [-0.25, -0.2) is 0 Å². The highest BCUT2D eigenvalue weighted by Gasteiger charge is 2.56. The average Bonchev–Trinajstić information content (AvgIpc) is 2.91. The monoisotopic (exact) mass is 339 g/mol. The lowest BCUT2D eigenvalue weighted by atomic mass is 9.47. The summed E-state index contributed by atoms with van der Waals surface area (Å²) < 4.78 is 5.51. The van der Waals surface area contributed by atoms with E-state index in [1.54, 1.807) is 0 Å². The Kier molecular flexibility index (Phi) is 3.87. The number of nitriles is 1. The average molecular weight is 339 g/mol. The number of allylic oxidation sites excluding steroid dienone is 3. The Labute approximate surface area is 151 Å². The second-order valence-electron chi connectivity index (χ2n) is 9.16. The Morgan fingerprint density at radius 2 is 1.92 bits per heavy atom. The molecule has 3 heteroatoms. The fraction of sp³-hybridized carbons (Fsp3) is 0.727. The minimum atomic E-state index is -0.155. The van der Waals surface area contributed by atoms with Crippen LogP contribution in [0.1, 0.15) is 65.7 Å². The van der Waals surface area contributed by atoms with E-state index in [0.717, 1.165) is 50.0 Å². The lowest BCUT2D eigenvalue weighted by Gasteiger charge is -2.57. The SMILES string of the molecule is CC(=O)O[C@H]1CC[C@@]2(C)C(=CC[C@@H]3[C@H]4CC=C(C#N)[C@]4(C)CC[C@H]32)C1. The summed E-state index contributed by atoms with van der Waals surface area (Å²) in [5, 5.41) is 9.53. The molecule has 0 radical (unpaired) electrons. The van der Waals surface area contributed by atoms with Gasteiger partial charge in [0.05, 0.1) is 6.07 Å². The molecule has 0 aromatic rings. The Morgan fingerprint density at radius 1 is 1.16 bits per heavy atom. The molecule has 2 fully saturated rings. The van der Waals surface area contributed by atoms with E-state index in [1.807, 2.05) is 0 Å². The molecule has 0 aromatic carbocycles. The minimum absolute atomic E-state index is 0.0700.